The van der Waals surface area contributed by atoms with E-state index in [0.717, 1.165) is 0 Å². The number of imidazole rings is 1. The Morgan fingerprint density at radius 3 is 2.72 bits per heavy atom. The van der Waals surface area contributed by atoms with Gasteiger partial charge in [-0.2, -0.15) is 0 Å². The molecule has 3 rings (SSSR count). The molecule has 134 valence electrons. The quantitative estimate of drug-likeness (QED) is 0.371. The lowest BCUT2D eigenvalue weighted by atomic mass is 10.1. The highest BCUT2D eigenvalue weighted by Crippen LogP contribution is 2.36. The molecule has 1 saturated heterocycles. The van der Waals surface area contributed by atoms with E-state index in [1.54, 1.807) is 13.8 Å². The molecule has 0 aromatic carbocycles. The van der Waals surface area contributed by atoms with Gasteiger partial charge in [0.1, 0.15) is 35.9 Å². The van der Waals surface area contributed by atoms with Crippen molar-refractivity contribution in [1.29, 1.82) is 0 Å². The van der Waals surface area contributed by atoms with Crippen LogP contribution in [0.1, 0.15) is 20.1 Å². The average Bonchev–Trinajstić information content (AvgIpc) is 3.09. The molecule has 0 spiro atoms. The summed E-state index contributed by atoms with van der Waals surface area (Å²) >= 11 is 0. The van der Waals surface area contributed by atoms with Crippen LogP contribution in [0.2, 0.25) is 0 Å². The normalized spacial score (nSPS) is 25.9. The summed E-state index contributed by atoms with van der Waals surface area (Å²) < 4.78 is 7.01. The molecule has 1 aliphatic rings. The molecular weight excluding hydrogens is 336 g/mol. The van der Waals surface area contributed by atoms with Crippen LogP contribution < -0.4 is 5.73 Å². The zero-order chi connectivity index (χ0) is 18.3. The number of hydrogen-bond acceptors (Lipinski definition) is 10. The molecule has 2 aromatic rings. The van der Waals surface area contributed by atoms with E-state index < -0.39 is 29.6 Å². The summed E-state index contributed by atoms with van der Waals surface area (Å²) in [7, 11) is 0. The van der Waals surface area contributed by atoms with E-state index >= 15 is 0 Å². The number of nitrogen functional groups attached to an aromatic ring is 1. The minimum absolute atomic E-state index is 0.148. The lowest BCUT2D eigenvalue weighted by molar-refractivity contribution is -0.745. The molecular formula is C13H16N6O6. The third-order valence-electron chi connectivity index (χ3n) is 3.82. The third-order valence-corrected chi connectivity index (χ3v) is 3.82. The number of nitrogens with zero attached hydrogens (tertiary/aromatic N) is 5. The van der Waals surface area contributed by atoms with Crippen molar-refractivity contribution in [2.24, 2.45) is 0 Å². The van der Waals surface area contributed by atoms with Crippen molar-refractivity contribution in [1.82, 2.24) is 19.5 Å². The molecule has 0 saturated carbocycles. The third kappa shape index (κ3) is 2.86. The van der Waals surface area contributed by atoms with Crippen molar-refractivity contribution in [2.75, 3.05) is 5.73 Å². The fourth-order valence-corrected chi connectivity index (χ4v) is 2.67. The maximum atomic E-state index is 10.7. The molecule has 25 heavy (non-hydrogen) atoms. The molecule has 1 aliphatic heterocycles. The van der Waals surface area contributed by atoms with Gasteiger partial charge in [0, 0.05) is 0 Å². The van der Waals surface area contributed by atoms with Crippen LogP contribution in [0.3, 0.4) is 0 Å². The van der Waals surface area contributed by atoms with Gasteiger partial charge in [0.25, 0.3) is 5.09 Å². The van der Waals surface area contributed by atoms with E-state index in [9.17, 15) is 20.3 Å². The standard InChI is InChI=1S/C13H16N6O6/c1-5(2)9(25-19(22)23)10-7(20)8(21)13(24-10)18-4-17-6-11(14)15-3-16-12(6)18/h3-4,7-8,10,13,20-21H,1-2H3,(H2,14,15,16)/t7-,8+,10-,13+/m0/s1. The monoisotopic (exact) mass is 352 g/mol. The van der Waals surface area contributed by atoms with Crippen LogP contribution >= 0.6 is 0 Å². The second-order valence-corrected chi connectivity index (χ2v) is 5.69. The highest BCUT2D eigenvalue weighted by Gasteiger charge is 2.47. The van der Waals surface area contributed by atoms with Crippen molar-refractivity contribution >= 4 is 17.0 Å². The van der Waals surface area contributed by atoms with E-state index in [1.165, 1.54) is 17.2 Å². The number of rotatable bonds is 4. The summed E-state index contributed by atoms with van der Waals surface area (Å²) in [6, 6.07) is 0. The number of aliphatic hydroxyl groups excluding tert-OH is 2. The van der Waals surface area contributed by atoms with Gasteiger partial charge in [-0.1, -0.05) is 0 Å². The Bertz CT molecular complexity index is 847. The van der Waals surface area contributed by atoms with Gasteiger partial charge in [0.2, 0.25) is 0 Å². The van der Waals surface area contributed by atoms with Crippen molar-refractivity contribution in [3.8, 4) is 0 Å². The molecule has 0 unspecified atom stereocenters. The van der Waals surface area contributed by atoms with E-state index in [0.29, 0.717) is 16.7 Å². The first-order chi connectivity index (χ1) is 11.8. The molecule has 4 atom stereocenters. The topological polar surface area (TPSA) is 172 Å². The minimum atomic E-state index is -1.45. The second kappa shape index (κ2) is 6.23. The first kappa shape index (κ1) is 17.0. The number of fused-ring (bicyclic) bond motifs is 1. The van der Waals surface area contributed by atoms with Gasteiger partial charge in [-0.3, -0.25) is 9.40 Å². The van der Waals surface area contributed by atoms with Crippen LogP contribution in [-0.2, 0) is 9.57 Å². The number of aliphatic hydroxyl groups is 2. The van der Waals surface area contributed by atoms with Gasteiger partial charge in [-0.05, 0) is 19.4 Å². The highest BCUT2D eigenvalue weighted by atomic mass is 17.0. The summed E-state index contributed by atoms with van der Waals surface area (Å²) in [4.78, 5) is 27.1. The van der Waals surface area contributed by atoms with E-state index in [2.05, 4.69) is 19.8 Å². The van der Waals surface area contributed by atoms with Gasteiger partial charge >= 0.3 is 0 Å². The Balaban J connectivity index is 1.98. The van der Waals surface area contributed by atoms with Crippen molar-refractivity contribution < 1.29 is 24.9 Å². The smallest absolute Gasteiger partial charge is 0.299 e. The first-order valence-corrected chi connectivity index (χ1v) is 7.25. The van der Waals surface area contributed by atoms with E-state index in [4.69, 9.17) is 10.5 Å². The van der Waals surface area contributed by atoms with Crippen LogP contribution in [0.5, 0.6) is 0 Å². The molecule has 4 N–H and O–H groups in total. The number of ether oxygens (including phenoxy) is 1. The molecule has 0 radical (unpaired) electrons. The average molecular weight is 352 g/mol. The Morgan fingerprint density at radius 1 is 1.36 bits per heavy atom. The molecule has 0 aliphatic carbocycles. The maximum Gasteiger partial charge on any atom is 0.299 e. The Morgan fingerprint density at radius 2 is 2.08 bits per heavy atom. The Labute approximate surface area is 140 Å². The molecule has 12 heteroatoms. The fraction of sp³-hybridized carbons (Fsp3) is 0.462. The van der Waals surface area contributed by atoms with Crippen molar-refractivity contribution in [2.45, 2.75) is 38.4 Å². The summed E-state index contributed by atoms with van der Waals surface area (Å²) in [5, 5.41) is 30.3. The minimum Gasteiger partial charge on any atom is -0.387 e. The Hall–Kier alpha value is -2.83. The van der Waals surface area contributed by atoms with Gasteiger partial charge in [-0.25, -0.2) is 15.0 Å². The number of nitrogens with two attached hydrogens (primary N) is 1. The zero-order valence-electron chi connectivity index (χ0n) is 13.3. The van der Waals surface area contributed by atoms with Gasteiger partial charge in [-0.15, -0.1) is 10.1 Å². The van der Waals surface area contributed by atoms with Crippen LogP contribution in [0, 0.1) is 10.1 Å². The van der Waals surface area contributed by atoms with Crippen LogP contribution in [0.25, 0.3) is 11.2 Å². The number of hydrogen-bond donors (Lipinski definition) is 3. The second-order valence-electron chi connectivity index (χ2n) is 5.69. The van der Waals surface area contributed by atoms with Gasteiger partial charge < -0.3 is 20.7 Å². The largest absolute Gasteiger partial charge is 0.387 e. The van der Waals surface area contributed by atoms with E-state index in [1.807, 2.05) is 0 Å². The van der Waals surface area contributed by atoms with Gasteiger partial charge in [0.15, 0.2) is 17.7 Å². The lowest BCUT2D eigenvalue weighted by Crippen LogP contribution is -2.33. The SMILES string of the molecule is CC(C)=C(O[N+](=O)[O-])[C@H]1O[C@@H](n2cnc3c(N)ncnc32)[C@H](O)[C@@H]1O. The van der Waals surface area contributed by atoms with Crippen molar-refractivity contribution in [3.05, 3.63) is 34.1 Å². The van der Waals surface area contributed by atoms with E-state index in [-0.39, 0.29) is 11.6 Å². The summed E-state index contributed by atoms with van der Waals surface area (Å²) in [5.74, 6) is -0.0346. The zero-order valence-corrected chi connectivity index (χ0v) is 13.3. The molecule has 0 amide bonds. The molecule has 2 aromatic heterocycles. The van der Waals surface area contributed by atoms with Crippen molar-refractivity contribution in [3.63, 3.8) is 0 Å². The predicted octanol–water partition coefficient (Wildman–Crippen LogP) is -0.470. The van der Waals surface area contributed by atoms with Gasteiger partial charge in [0.05, 0.1) is 6.33 Å². The Kier molecular flexibility index (Phi) is 4.24. The lowest BCUT2D eigenvalue weighted by Gasteiger charge is -2.18. The molecule has 3 heterocycles. The molecule has 12 nitrogen and oxygen atoms in total. The summed E-state index contributed by atoms with van der Waals surface area (Å²) in [6.45, 7) is 3.13. The first-order valence-electron chi connectivity index (χ1n) is 7.25. The maximum absolute atomic E-state index is 10.7. The summed E-state index contributed by atoms with van der Waals surface area (Å²) in [5.41, 5.74) is 6.74. The number of anilines is 1. The van der Waals surface area contributed by atoms with Crippen LogP contribution in [-0.4, -0.2) is 53.1 Å². The highest BCUT2D eigenvalue weighted by molar-refractivity contribution is 5.81. The molecule has 1 fully saturated rings. The fourth-order valence-electron chi connectivity index (χ4n) is 2.67. The summed E-state index contributed by atoms with van der Waals surface area (Å²) in [6.07, 6.45) is -2.62. The number of aromatic nitrogens is 4. The number of allylic oxidation sites excluding steroid dienone is 1. The van der Waals surface area contributed by atoms with Crippen LogP contribution in [0.15, 0.2) is 24.0 Å². The predicted molar refractivity (Wildman–Crippen MR) is 82.1 cm³/mol. The van der Waals surface area contributed by atoms with Crippen LogP contribution in [0.4, 0.5) is 5.82 Å². The molecule has 0 bridgehead atoms.